The average molecular weight is 328 g/mol. The maximum atomic E-state index is 12.4. The van der Waals surface area contributed by atoms with Crippen molar-refractivity contribution in [3.63, 3.8) is 0 Å². The molecule has 0 radical (unpaired) electrons. The van der Waals surface area contributed by atoms with Gasteiger partial charge < -0.3 is 9.30 Å². The summed E-state index contributed by atoms with van der Waals surface area (Å²) < 4.78 is 9.03. The molecule has 23 heavy (non-hydrogen) atoms. The van der Waals surface area contributed by atoms with E-state index < -0.39 is 0 Å². The first kappa shape index (κ1) is 15.6. The summed E-state index contributed by atoms with van der Waals surface area (Å²) in [6, 6.07) is 9.15. The Balaban J connectivity index is 1.84. The summed E-state index contributed by atoms with van der Waals surface area (Å²) in [6.07, 6.45) is 5.83. The number of thioether (sulfide) groups is 1. The van der Waals surface area contributed by atoms with Crippen LogP contribution < -0.4 is 9.30 Å². The van der Waals surface area contributed by atoms with E-state index in [0.717, 1.165) is 21.9 Å². The number of benzene rings is 1. The average Bonchev–Trinajstić information content (AvgIpc) is 2.90. The largest absolute Gasteiger partial charge is 0.497 e. The van der Waals surface area contributed by atoms with Gasteiger partial charge in [0.25, 0.3) is 0 Å². The van der Waals surface area contributed by atoms with Gasteiger partial charge in [-0.25, -0.2) is 4.98 Å². The summed E-state index contributed by atoms with van der Waals surface area (Å²) in [5.41, 5.74) is 2.62. The lowest BCUT2D eigenvalue weighted by Gasteiger charge is -2.01. The van der Waals surface area contributed by atoms with E-state index in [-0.39, 0.29) is 12.3 Å². The summed E-state index contributed by atoms with van der Waals surface area (Å²) in [4.78, 5) is 17.0. The van der Waals surface area contributed by atoms with E-state index in [1.54, 1.807) is 43.1 Å². The molecular formula is C17H18N3O2S+. The lowest BCUT2D eigenvalue weighted by Crippen LogP contribution is -2.37. The molecule has 6 heteroatoms. The highest BCUT2D eigenvalue weighted by atomic mass is 32.2. The second kappa shape index (κ2) is 6.42. The zero-order valence-electron chi connectivity index (χ0n) is 13.3. The predicted octanol–water partition coefficient (Wildman–Crippen LogP) is 2.47. The van der Waals surface area contributed by atoms with Crippen molar-refractivity contribution in [2.75, 3.05) is 13.4 Å². The Bertz CT molecular complexity index is 856. The van der Waals surface area contributed by atoms with E-state index in [2.05, 4.69) is 9.55 Å². The maximum Gasteiger partial charge on any atom is 0.227 e. The highest BCUT2D eigenvalue weighted by Crippen LogP contribution is 2.19. The minimum atomic E-state index is 0.0537. The molecule has 0 unspecified atom stereocenters. The normalized spacial score (nSPS) is 10.9. The number of imidazole rings is 1. The number of rotatable bonds is 5. The van der Waals surface area contributed by atoms with Gasteiger partial charge in [-0.05, 0) is 30.5 Å². The van der Waals surface area contributed by atoms with E-state index in [1.807, 2.05) is 36.3 Å². The number of hydrogen-bond acceptors (Lipinski definition) is 4. The van der Waals surface area contributed by atoms with Crippen LogP contribution in [0.4, 0.5) is 0 Å². The maximum absolute atomic E-state index is 12.4. The Morgan fingerprint density at radius 2 is 2.04 bits per heavy atom. The Hall–Kier alpha value is -2.34. The van der Waals surface area contributed by atoms with Crippen LogP contribution in [-0.2, 0) is 13.6 Å². The highest BCUT2D eigenvalue weighted by molar-refractivity contribution is 7.98. The fourth-order valence-electron chi connectivity index (χ4n) is 2.48. The lowest BCUT2D eigenvalue weighted by atomic mass is 10.1. The minimum Gasteiger partial charge on any atom is -0.497 e. The lowest BCUT2D eigenvalue weighted by molar-refractivity contribution is -0.681. The van der Waals surface area contributed by atoms with Crippen LogP contribution in [0.2, 0.25) is 0 Å². The van der Waals surface area contributed by atoms with Gasteiger partial charge in [-0.2, -0.15) is 4.57 Å². The Labute approximate surface area is 138 Å². The first-order valence-electron chi connectivity index (χ1n) is 7.19. The smallest absolute Gasteiger partial charge is 0.227 e. The topological polar surface area (TPSA) is 48.0 Å². The first-order chi connectivity index (χ1) is 11.1. The summed E-state index contributed by atoms with van der Waals surface area (Å²) in [5.74, 6) is 0.798. The zero-order valence-corrected chi connectivity index (χ0v) is 14.1. The number of aromatic nitrogens is 3. The molecule has 0 saturated carbocycles. The molecule has 0 N–H and O–H groups in total. The first-order valence-corrected chi connectivity index (χ1v) is 8.41. The van der Waals surface area contributed by atoms with Crippen molar-refractivity contribution < 1.29 is 14.1 Å². The molecule has 0 amide bonds. The molecule has 2 heterocycles. The second-order valence-electron chi connectivity index (χ2n) is 5.20. The number of aryl methyl sites for hydroxylation is 1. The van der Waals surface area contributed by atoms with Crippen molar-refractivity contribution in [1.29, 1.82) is 0 Å². The van der Waals surface area contributed by atoms with Gasteiger partial charge in [-0.3, -0.25) is 4.79 Å². The quantitative estimate of drug-likeness (QED) is 0.410. The van der Waals surface area contributed by atoms with Crippen LogP contribution in [0, 0.1) is 0 Å². The number of pyridine rings is 1. The number of carbonyl (C=O) groups excluding carboxylic acids is 1. The molecule has 0 aliphatic rings. The van der Waals surface area contributed by atoms with E-state index in [4.69, 9.17) is 4.74 Å². The summed E-state index contributed by atoms with van der Waals surface area (Å²) in [7, 11) is 3.60. The fourth-order valence-corrected chi connectivity index (χ4v) is 3.05. The van der Waals surface area contributed by atoms with Crippen LogP contribution in [0.5, 0.6) is 5.75 Å². The van der Waals surface area contributed by atoms with Crippen LogP contribution in [-0.4, -0.2) is 28.7 Å². The SMILES string of the molecule is COc1ccc(C(=O)C[n+]2ccc3c(c2)nc(SC)n3C)cc1. The van der Waals surface area contributed by atoms with E-state index in [9.17, 15) is 4.79 Å². The molecule has 0 spiro atoms. The minimum absolute atomic E-state index is 0.0537. The van der Waals surface area contributed by atoms with Gasteiger partial charge in [0.1, 0.15) is 5.75 Å². The molecule has 1 aromatic carbocycles. The number of hydrogen-bond donors (Lipinski definition) is 0. The van der Waals surface area contributed by atoms with Crippen LogP contribution >= 0.6 is 11.8 Å². The molecule has 2 aromatic heterocycles. The van der Waals surface area contributed by atoms with Crippen molar-refractivity contribution in [2.24, 2.45) is 7.05 Å². The third-order valence-corrected chi connectivity index (χ3v) is 4.49. The summed E-state index contributed by atoms with van der Waals surface area (Å²) in [5, 5.41) is 0.958. The van der Waals surface area contributed by atoms with Gasteiger partial charge in [-0.15, -0.1) is 0 Å². The van der Waals surface area contributed by atoms with Gasteiger partial charge >= 0.3 is 0 Å². The Morgan fingerprint density at radius 1 is 1.30 bits per heavy atom. The van der Waals surface area contributed by atoms with E-state index >= 15 is 0 Å². The molecule has 0 aliphatic heterocycles. The highest BCUT2D eigenvalue weighted by Gasteiger charge is 2.15. The van der Waals surface area contributed by atoms with E-state index in [0.29, 0.717) is 5.56 Å². The fraction of sp³-hybridized carbons (Fsp3) is 0.235. The van der Waals surface area contributed by atoms with Crippen molar-refractivity contribution in [3.05, 3.63) is 48.3 Å². The van der Waals surface area contributed by atoms with Gasteiger partial charge in [0.2, 0.25) is 12.3 Å². The summed E-state index contributed by atoms with van der Waals surface area (Å²) in [6.45, 7) is 0.285. The molecule has 0 fully saturated rings. The number of ether oxygens (including phenoxy) is 1. The molecule has 3 rings (SSSR count). The molecule has 0 atom stereocenters. The number of Topliss-reactive ketones (excluding diaryl/α,β-unsaturated/α-hetero) is 1. The van der Waals surface area contributed by atoms with Crippen molar-refractivity contribution in [3.8, 4) is 5.75 Å². The van der Waals surface area contributed by atoms with Crippen LogP contribution in [0.1, 0.15) is 10.4 Å². The standard InChI is InChI=1S/C17H18N3O2S/c1-19-15-8-9-20(10-14(15)18-17(19)23-3)11-16(21)12-4-6-13(22-2)7-5-12/h4-10H,11H2,1-3H3/q+1. The number of fused-ring (bicyclic) bond motifs is 1. The van der Waals surface area contributed by atoms with Gasteiger partial charge in [0.15, 0.2) is 23.1 Å². The zero-order chi connectivity index (χ0) is 16.4. The molecule has 0 bridgehead atoms. The van der Waals surface area contributed by atoms with Gasteiger partial charge in [0, 0.05) is 18.7 Å². The Kier molecular flexibility index (Phi) is 4.34. The van der Waals surface area contributed by atoms with Crippen LogP contribution in [0.3, 0.4) is 0 Å². The van der Waals surface area contributed by atoms with Gasteiger partial charge in [0.05, 0.1) is 12.6 Å². The second-order valence-corrected chi connectivity index (χ2v) is 5.97. The van der Waals surface area contributed by atoms with E-state index in [1.165, 1.54) is 0 Å². The van der Waals surface area contributed by atoms with Gasteiger partial charge in [-0.1, -0.05) is 11.8 Å². The van der Waals surface area contributed by atoms with Crippen molar-refractivity contribution in [2.45, 2.75) is 11.7 Å². The third-order valence-electron chi connectivity index (χ3n) is 3.76. The number of carbonyl (C=O) groups is 1. The third kappa shape index (κ3) is 3.07. The monoisotopic (exact) mass is 328 g/mol. The molecule has 118 valence electrons. The molecule has 3 aromatic rings. The predicted molar refractivity (Wildman–Crippen MR) is 90.0 cm³/mol. The number of methoxy groups -OCH3 is 1. The molecular weight excluding hydrogens is 310 g/mol. The molecule has 5 nitrogen and oxygen atoms in total. The van der Waals surface area contributed by atoms with Crippen LogP contribution in [0.25, 0.3) is 11.0 Å². The number of nitrogens with zero attached hydrogens (tertiary/aromatic N) is 3. The van der Waals surface area contributed by atoms with Crippen molar-refractivity contribution >= 4 is 28.6 Å². The molecule has 0 aliphatic carbocycles. The van der Waals surface area contributed by atoms with Crippen LogP contribution in [0.15, 0.2) is 47.9 Å². The number of ketones is 1. The Morgan fingerprint density at radius 3 is 2.70 bits per heavy atom. The summed E-state index contributed by atoms with van der Waals surface area (Å²) >= 11 is 1.61. The van der Waals surface area contributed by atoms with Crippen molar-refractivity contribution in [1.82, 2.24) is 9.55 Å². The molecule has 0 saturated heterocycles.